The van der Waals surface area contributed by atoms with Crippen molar-refractivity contribution in [3.63, 3.8) is 0 Å². The molecule has 0 rings (SSSR count). The minimum Gasteiger partial charge on any atom is -0.546 e. The van der Waals surface area contributed by atoms with Crippen molar-refractivity contribution >= 4 is 27.2 Å². The van der Waals surface area contributed by atoms with Crippen LogP contribution in [0.15, 0.2) is 0 Å². The van der Waals surface area contributed by atoms with Crippen LogP contribution in [0.5, 0.6) is 0 Å². The van der Waals surface area contributed by atoms with E-state index in [-0.39, 0.29) is 29.6 Å². The number of carbonyl (C=O) groups excluding carboxylic acids is 1. The van der Waals surface area contributed by atoms with Gasteiger partial charge in [0.1, 0.15) is 0 Å². The van der Waals surface area contributed by atoms with Crippen LogP contribution < -0.4 is 34.7 Å². The van der Waals surface area contributed by atoms with E-state index >= 15 is 0 Å². The van der Waals surface area contributed by atoms with Crippen molar-refractivity contribution in [2.24, 2.45) is 0 Å². The smallest absolute Gasteiger partial charge is 0.546 e. The van der Waals surface area contributed by atoms with E-state index in [4.69, 9.17) is 19.3 Å². The average molecular weight is 274 g/mol. The van der Waals surface area contributed by atoms with Gasteiger partial charge in [-0.05, 0) is 0 Å². The number of carboxylic acids is 1. The number of carbonyl (C=O) groups is 1. The van der Waals surface area contributed by atoms with Crippen molar-refractivity contribution in [2.45, 2.75) is 5.44 Å². The Morgan fingerprint density at radius 1 is 1.47 bits per heavy atom. The Hall–Kier alpha value is 0.410. The van der Waals surface area contributed by atoms with E-state index in [1.54, 1.807) is 0 Å². The molecule has 0 fully saturated rings. The van der Waals surface area contributed by atoms with Crippen molar-refractivity contribution in [3.05, 3.63) is 0 Å². The van der Waals surface area contributed by atoms with Gasteiger partial charge in [0.2, 0.25) is 0 Å². The van der Waals surface area contributed by atoms with E-state index < -0.39 is 38.5 Å². The van der Waals surface area contributed by atoms with Crippen LogP contribution in [0, 0.1) is 0 Å². The van der Waals surface area contributed by atoms with Crippen molar-refractivity contribution in [3.8, 4) is 0 Å². The Morgan fingerprint density at radius 3 is 1.73 bits per heavy atom. The molecule has 2 atom stereocenters. The number of aliphatic hydroxyl groups is 2. The zero-order valence-corrected chi connectivity index (χ0v) is 11.1. The second kappa shape index (κ2) is 9.62. The molecule has 86 valence electrons. The first-order chi connectivity index (χ1) is 6.11. The Bertz CT molecular complexity index is 282. The van der Waals surface area contributed by atoms with Gasteiger partial charge in [-0.3, -0.25) is 4.55 Å². The zero-order chi connectivity index (χ0) is 11.9. The van der Waals surface area contributed by atoms with Crippen LogP contribution in [0.3, 0.4) is 0 Å². The quantitative estimate of drug-likeness (QED) is 0.221. The minimum atomic E-state index is -4.11. The average Bonchev–Trinajstić information content (AvgIpc) is 2.02. The first-order valence-electron chi connectivity index (χ1n) is 2.66. The first kappa shape index (κ1) is 20.8. The fourth-order valence-corrected chi connectivity index (χ4v) is 0.247. The molecule has 0 aromatic heterocycles. The van der Waals surface area contributed by atoms with Crippen LogP contribution in [0.25, 0.3) is 0 Å². The fraction of sp³-hybridized carbons (Fsp3) is 0.667. The number of hydrogen-bond acceptors (Lipinski definition) is 7. The van der Waals surface area contributed by atoms with Crippen molar-refractivity contribution < 1.29 is 71.4 Å². The van der Waals surface area contributed by atoms with Crippen LogP contribution in [-0.2, 0) is 26.0 Å². The van der Waals surface area contributed by atoms with Crippen molar-refractivity contribution in [1.82, 2.24) is 0 Å². The molecule has 12 heteroatoms. The Balaban J connectivity index is -0.000000187. The van der Waals surface area contributed by atoms with Gasteiger partial charge in [-0.2, -0.15) is 8.42 Å². The van der Waals surface area contributed by atoms with Gasteiger partial charge in [-0.15, -0.1) is 0 Å². The van der Waals surface area contributed by atoms with Gasteiger partial charge in [-0.1, -0.05) is 0 Å². The third kappa shape index (κ3) is 17.0. The van der Waals surface area contributed by atoms with Crippen LogP contribution in [-0.4, -0.2) is 49.3 Å². The predicted octanol–water partition coefficient (Wildman–Crippen LogP) is -6.90. The SMILES string of the molecule is O=C([O-])C(O)S(=O)O.O=S(=O)(O)CO.[Na+]. The third-order valence-corrected chi connectivity index (χ3v) is 1.46. The molecule has 0 saturated carbocycles. The van der Waals surface area contributed by atoms with E-state index in [1.165, 1.54) is 0 Å². The summed E-state index contributed by atoms with van der Waals surface area (Å²) in [5, 5.41) is 25.0. The molecule has 0 heterocycles. The summed E-state index contributed by atoms with van der Waals surface area (Å²) in [4.78, 5) is 9.43. The van der Waals surface area contributed by atoms with E-state index in [0.29, 0.717) is 0 Å². The van der Waals surface area contributed by atoms with Crippen LogP contribution in [0.2, 0.25) is 0 Å². The molecule has 0 radical (unpaired) electrons. The van der Waals surface area contributed by atoms with Crippen molar-refractivity contribution in [1.29, 1.82) is 0 Å². The molecule has 0 aliphatic carbocycles. The van der Waals surface area contributed by atoms with E-state index in [0.717, 1.165) is 0 Å². The molecule has 0 spiro atoms. The van der Waals surface area contributed by atoms with Crippen LogP contribution in [0.1, 0.15) is 0 Å². The Kier molecular flexibility index (Phi) is 13.3. The largest absolute Gasteiger partial charge is 1.00 e. The van der Waals surface area contributed by atoms with E-state index in [1.807, 2.05) is 0 Å². The summed E-state index contributed by atoms with van der Waals surface area (Å²) < 4.78 is 43.5. The van der Waals surface area contributed by atoms with Gasteiger partial charge in [-0.25, -0.2) is 4.21 Å². The molecular formula is C3H7NaO9S2. The topological polar surface area (TPSA) is 172 Å². The first-order valence-corrected chi connectivity index (χ1v) is 5.44. The van der Waals surface area contributed by atoms with Crippen LogP contribution >= 0.6 is 0 Å². The molecule has 2 unspecified atom stereocenters. The predicted molar refractivity (Wildman–Crippen MR) is 40.4 cm³/mol. The summed E-state index contributed by atoms with van der Waals surface area (Å²) in [5.74, 6) is -3.15. The number of hydrogen-bond donors (Lipinski definition) is 4. The molecule has 15 heavy (non-hydrogen) atoms. The Morgan fingerprint density at radius 2 is 1.73 bits per heavy atom. The maximum absolute atomic E-state index is 9.58. The maximum atomic E-state index is 9.58. The number of carboxylic acid groups (broad SMARTS) is 1. The Labute approximate surface area is 109 Å². The summed E-state index contributed by atoms with van der Waals surface area (Å²) in [6.45, 7) is 0. The number of aliphatic hydroxyl groups excluding tert-OH is 2. The maximum Gasteiger partial charge on any atom is 1.00 e. The molecule has 0 aromatic carbocycles. The van der Waals surface area contributed by atoms with Gasteiger partial charge in [0.05, 0.1) is 5.97 Å². The van der Waals surface area contributed by atoms with E-state index in [9.17, 15) is 22.5 Å². The second-order valence-corrected chi connectivity index (χ2v) is 4.08. The molecular weight excluding hydrogens is 267 g/mol. The van der Waals surface area contributed by atoms with Crippen LogP contribution in [0.4, 0.5) is 0 Å². The minimum absolute atomic E-state index is 0. The van der Waals surface area contributed by atoms with Gasteiger partial charge < -0.3 is 24.7 Å². The van der Waals surface area contributed by atoms with Gasteiger partial charge in [0, 0.05) is 0 Å². The number of rotatable bonds is 3. The molecule has 0 saturated heterocycles. The van der Waals surface area contributed by atoms with Gasteiger partial charge >= 0.3 is 29.6 Å². The molecule has 4 N–H and O–H groups in total. The monoisotopic (exact) mass is 274 g/mol. The summed E-state index contributed by atoms with van der Waals surface area (Å²) >= 11 is -2.75. The molecule has 0 amide bonds. The van der Waals surface area contributed by atoms with E-state index in [2.05, 4.69) is 0 Å². The summed E-state index contributed by atoms with van der Waals surface area (Å²) in [7, 11) is -4.11. The van der Waals surface area contributed by atoms with Gasteiger partial charge in [0.25, 0.3) is 10.1 Å². The molecule has 0 aliphatic rings. The summed E-state index contributed by atoms with van der Waals surface area (Å²) in [5.41, 5.74) is -2.30. The molecule has 0 aromatic rings. The summed E-state index contributed by atoms with van der Waals surface area (Å²) in [6, 6.07) is 0. The second-order valence-electron chi connectivity index (χ2n) is 1.66. The van der Waals surface area contributed by atoms with Crippen molar-refractivity contribution in [2.75, 3.05) is 5.94 Å². The standard InChI is InChI=1S/C2H4O5S.CH4O4S.Na/c3-1(4)2(5)8(6)7;2-1-6(3,4)5;/h2,5H,(H,3,4)(H,6,7);2H,1H2,(H,3,4,5);/q;;+1/p-1. The zero-order valence-electron chi connectivity index (χ0n) is 7.43. The third-order valence-electron chi connectivity index (χ3n) is 0.556. The number of aliphatic carboxylic acids is 1. The van der Waals surface area contributed by atoms with Gasteiger partial charge in [0.15, 0.2) is 22.5 Å². The molecule has 0 aliphatic heterocycles. The molecule has 0 bridgehead atoms. The fourth-order valence-electron chi connectivity index (χ4n) is 0.0823. The molecule has 9 nitrogen and oxygen atoms in total. The normalized spacial score (nSPS) is 13.9. The summed E-state index contributed by atoms with van der Waals surface area (Å²) in [6.07, 6.45) is 0.